The Kier molecular flexibility index (Phi) is 3.82. The second kappa shape index (κ2) is 5.05. The predicted octanol–water partition coefficient (Wildman–Crippen LogP) is 1.38. The van der Waals surface area contributed by atoms with Crippen LogP contribution < -0.4 is 5.32 Å². The van der Waals surface area contributed by atoms with E-state index in [4.69, 9.17) is 9.47 Å². The molecule has 0 aliphatic carbocycles. The van der Waals surface area contributed by atoms with Crippen LogP contribution in [0, 0.1) is 0 Å². The Morgan fingerprint density at radius 3 is 2.83 bits per heavy atom. The average Bonchev–Trinajstić information content (AvgIpc) is 2.28. The summed E-state index contributed by atoms with van der Waals surface area (Å²) in [7, 11) is 0. The number of carbonyl (C=O) groups excluding carboxylic acids is 1. The lowest BCUT2D eigenvalue weighted by atomic mass is 9.89. The molecule has 5 heteroatoms. The lowest BCUT2D eigenvalue weighted by Gasteiger charge is -2.45. The normalized spacial score (nSPS) is 29.4. The average molecular weight is 256 g/mol. The molecule has 2 aliphatic heterocycles. The molecule has 2 rings (SSSR count). The summed E-state index contributed by atoms with van der Waals surface area (Å²) in [4.78, 5) is 13.9. The number of nitrogens with one attached hydrogen (secondary N) is 1. The first-order chi connectivity index (χ1) is 8.40. The molecule has 0 saturated carbocycles. The summed E-state index contributed by atoms with van der Waals surface area (Å²) in [6, 6.07) is 0. The van der Waals surface area contributed by atoms with Gasteiger partial charge in [0.2, 0.25) is 0 Å². The largest absolute Gasteiger partial charge is 0.444 e. The van der Waals surface area contributed by atoms with Crippen molar-refractivity contribution in [3.8, 4) is 0 Å². The minimum atomic E-state index is -0.432. The standard InChI is InChI=1S/C13H24N2O3/c1-12(2,3)18-11(16)15-7-4-5-13(9-15)10-17-8-6-14-13/h14H,4-10H2,1-3H3. The van der Waals surface area contributed by atoms with Crippen LogP contribution in [0.2, 0.25) is 0 Å². The molecule has 0 bridgehead atoms. The molecule has 2 aliphatic rings. The van der Waals surface area contributed by atoms with Crippen molar-refractivity contribution in [2.24, 2.45) is 0 Å². The van der Waals surface area contributed by atoms with Gasteiger partial charge < -0.3 is 19.7 Å². The first-order valence-electron chi connectivity index (χ1n) is 6.71. The summed E-state index contributed by atoms with van der Waals surface area (Å²) < 4.78 is 11.0. The number of hydrogen-bond donors (Lipinski definition) is 1. The lowest BCUT2D eigenvalue weighted by Crippen LogP contribution is -2.63. The second-order valence-corrected chi connectivity index (χ2v) is 6.27. The van der Waals surface area contributed by atoms with Gasteiger partial charge in [0, 0.05) is 19.6 Å². The van der Waals surface area contributed by atoms with E-state index in [0.29, 0.717) is 13.2 Å². The predicted molar refractivity (Wildman–Crippen MR) is 68.6 cm³/mol. The molecule has 1 atom stereocenters. The fourth-order valence-electron chi connectivity index (χ4n) is 2.58. The molecule has 2 fully saturated rings. The van der Waals surface area contributed by atoms with Gasteiger partial charge in [0.15, 0.2) is 0 Å². The van der Waals surface area contributed by atoms with Gasteiger partial charge in [0.25, 0.3) is 0 Å². The van der Waals surface area contributed by atoms with Crippen LogP contribution in [-0.2, 0) is 9.47 Å². The molecule has 5 nitrogen and oxygen atoms in total. The fraction of sp³-hybridized carbons (Fsp3) is 0.923. The molecule has 0 aromatic carbocycles. The number of carbonyl (C=O) groups is 1. The van der Waals surface area contributed by atoms with E-state index in [9.17, 15) is 4.79 Å². The Hall–Kier alpha value is -0.810. The summed E-state index contributed by atoms with van der Waals surface area (Å²) >= 11 is 0. The van der Waals surface area contributed by atoms with Gasteiger partial charge in [0.05, 0.1) is 18.8 Å². The van der Waals surface area contributed by atoms with Crippen molar-refractivity contribution in [1.82, 2.24) is 10.2 Å². The monoisotopic (exact) mass is 256 g/mol. The zero-order chi connectivity index (χ0) is 13.2. The quantitative estimate of drug-likeness (QED) is 0.711. The number of nitrogens with zero attached hydrogens (tertiary/aromatic N) is 1. The molecule has 2 heterocycles. The van der Waals surface area contributed by atoms with E-state index in [1.54, 1.807) is 4.90 Å². The maximum Gasteiger partial charge on any atom is 0.410 e. The molecular formula is C13H24N2O3. The minimum absolute atomic E-state index is 0.0621. The van der Waals surface area contributed by atoms with Crippen LogP contribution in [0.5, 0.6) is 0 Å². The smallest absolute Gasteiger partial charge is 0.410 e. The Morgan fingerprint density at radius 2 is 2.22 bits per heavy atom. The van der Waals surface area contributed by atoms with Crippen LogP contribution in [-0.4, -0.2) is 55.0 Å². The molecule has 1 N–H and O–H groups in total. The number of rotatable bonds is 0. The molecule has 0 radical (unpaired) electrons. The first kappa shape index (κ1) is 13.6. The highest BCUT2D eigenvalue weighted by molar-refractivity contribution is 5.68. The van der Waals surface area contributed by atoms with E-state index in [1.807, 2.05) is 20.8 Å². The Balaban J connectivity index is 1.95. The molecule has 18 heavy (non-hydrogen) atoms. The molecule has 1 amide bonds. The topological polar surface area (TPSA) is 50.8 Å². The second-order valence-electron chi connectivity index (χ2n) is 6.27. The number of hydrogen-bond acceptors (Lipinski definition) is 4. The maximum absolute atomic E-state index is 12.1. The zero-order valence-corrected chi connectivity index (χ0v) is 11.6. The number of ether oxygens (including phenoxy) is 2. The zero-order valence-electron chi connectivity index (χ0n) is 11.6. The van der Waals surface area contributed by atoms with Crippen molar-refractivity contribution in [2.75, 3.05) is 32.8 Å². The van der Waals surface area contributed by atoms with Crippen molar-refractivity contribution in [3.05, 3.63) is 0 Å². The van der Waals surface area contributed by atoms with E-state index in [2.05, 4.69) is 5.32 Å². The van der Waals surface area contributed by atoms with E-state index in [1.165, 1.54) is 0 Å². The maximum atomic E-state index is 12.1. The van der Waals surface area contributed by atoms with Crippen LogP contribution in [0.1, 0.15) is 33.6 Å². The molecule has 0 aromatic heterocycles. The number of piperidine rings is 1. The van der Waals surface area contributed by atoms with Crippen molar-refractivity contribution < 1.29 is 14.3 Å². The van der Waals surface area contributed by atoms with Crippen molar-refractivity contribution >= 4 is 6.09 Å². The van der Waals surface area contributed by atoms with Gasteiger partial charge in [0.1, 0.15) is 5.60 Å². The summed E-state index contributed by atoms with van der Waals surface area (Å²) in [5.74, 6) is 0. The van der Waals surface area contributed by atoms with Crippen LogP contribution in [0.15, 0.2) is 0 Å². The van der Waals surface area contributed by atoms with Crippen molar-refractivity contribution in [1.29, 1.82) is 0 Å². The van der Waals surface area contributed by atoms with Crippen molar-refractivity contribution in [2.45, 2.75) is 44.8 Å². The third-order valence-electron chi connectivity index (χ3n) is 3.35. The highest BCUT2D eigenvalue weighted by atomic mass is 16.6. The number of amides is 1. The van der Waals surface area contributed by atoms with Gasteiger partial charge in [-0.25, -0.2) is 4.79 Å². The van der Waals surface area contributed by atoms with E-state index in [0.717, 1.165) is 32.5 Å². The Bertz CT molecular complexity index is 300. The fourth-order valence-corrected chi connectivity index (χ4v) is 2.58. The van der Waals surface area contributed by atoms with Crippen molar-refractivity contribution in [3.63, 3.8) is 0 Å². The Labute approximate surface area is 109 Å². The molecule has 0 aromatic rings. The molecule has 1 spiro atoms. The third-order valence-corrected chi connectivity index (χ3v) is 3.35. The van der Waals surface area contributed by atoms with E-state index in [-0.39, 0.29) is 11.6 Å². The van der Waals surface area contributed by atoms with Gasteiger partial charge in [-0.3, -0.25) is 0 Å². The van der Waals surface area contributed by atoms with Crippen LogP contribution in [0.3, 0.4) is 0 Å². The summed E-state index contributed by atoms with van der Waals surface area (Å²) in [5, 5.41) is 3.51. The van der Waals surface area contributed by atoms with Gasteiger partial charge in [-0.2, -0.15) is 0 Å². The van der Waals surface area contributed by atoms with Gasteiger partial charge in [-0.05, 0) is 33.6 Å². The molecule has 1 unspecified atom stereocenters. The molecule has 2 saturated heterocycles. The van der Waals surface area contributed by atoms with Crippen LogP contribution >= 0.6 is 0 Å². The summed E-state index contributed by atoms with van der Waals surface area (Å²) in [5.41, 5.74) is -0.494. The Morgan fingerprint density at radius 1 is 1.44 bits per heavy atom. The highest BCUT2D eigenvalue weighted by Gasteiger charge is 2.39. The SMILES string of the molecule is CC(C)(C)OC(=O)N1CCCC2(COCCN2)C1. The van der Waals surface area contributed by atoms with Gasteiger partial charge in [-0.15, -0.1) is 0 Å². The van der Waals surface area contributed by atoms with Crippen LogP contribution in [0.4, 0.5) is 4.79 Å². The number of morpholine rings is 1. The first-order valence-corrected chi connectivity index (χ1v) is 6.71. The van der Waals surface area contributed by atoms with Gasteiger partial charge >= 0.3 is 6.09 Å². The molecule has 104 valence electrons. The van der Waals surface area contributed by atoms with Crippen LogP contribution in [0.25, 0.3) is 0 Å². The number of likely N-dealkylation sites (tertiary alicyclic amines) is 1. The lowest BCUT2D eigenvalue weighted by molar-refractivity contribution is -0.0251. The minimum Gasteiger partial charge on any atom is -0.444 e. The van der Waals surface area contributed by atoms with E-state index < -0.39 is 5.60 Å². The summed E-state index contributed by atoms with van der Waals surface area (Å²) in [6.07, 6.45) is 1.84. The summed E-state index contributed by atoms with van der Waals surface area (Å²) in [6.45, 7) is 9.45. The van der Waals surface area contributed by atoms with E-state index >= 15 is 0 Å². The molecular weight excluding hydrogens is 232 g/mol. The third kappa shape index (κ3) is 3.36. The highest BCUT2D eigenvalue weighted by Crippen LogP contribution is 2.24. The van der Waals surface area contributed by atoms with Gasteiger partial charge in [-0.1, -0.05) is 0 Å².